The van der Waals surface area contributed by atoms with Gasteiger partial charge in [0.2, 0.25) is 0 Å². The molecule has 0 unspecified atom stereocenters. The second-order valence-corrected chi connectivity index (χ2v) is 4.14. The molecule has 0 aromatic heterocycles. The first kappa shape index (κ1) is 12.8. The summed E-state index contributed by atoms with van der Waals surface area (Å²) < 4.78 is 51.4. The smallest absolute Gasteiger partial charge is 0.206 e. The van der Waals surface area contributed by atoms with Crippen molar-refractivity contribution in [3.63, 3.8) is 0 Å². The molecule has 84 valence electrons. The molecule has 0 radical (unpaired) electrons. The minimum absolute atomic E-state index is 0.298. The molecule has 0 fully saturated rings. The summed E-state index contributed by atoms with van der Waals surface area (Å²) in [6, 6.07) is 1.71. The molecule has 6 heteroatoms. The minimum Gasteiger partial charge on any atom is -0.206 e. The third kappa shape index (κ3) is 3.08. The summed E-state index contributed by atoms with van der Waals surface area (Å²) in [5.74, 6) is -2.66. The summed E-state index contributed by atoms with van der Waals surface area (Å²) >= 11 is 7.65. The zero-order valence-corrected chi connectivity index (χ0v) is 9.68. The molecule has 0 aliphatic heterocycles. The predicted octanol–water partition coefficient (Wildman–Crippen LogP) is 4.19. The average molecular weight is 305 g/mol. The summed E-state index contributed by atoms with van der Waals surface area (Å²) in [6.45, 7) is 0. The maximum Gasteiger partial charge on any atom is 0.353 e. The number of hydrogen-bond donors (Lipinski definition) is 0. The summed E-state index contributed by atoms with van der Waals surface area (Å²) in [6.07, 6.45) is 0.349. The fourth-order valence-corrected chi connectivity index (χ4v) is 1.79. The lowest BCUT2D eigenvalue weighted by Crippen LogP contribution is -2.11. The highest BCUT2D eigenvalue weighted by molar-refractivity contribution is 9.09. The van der Waals surface area contributed by atoms with Crippen LogP contribution >= 0.6 is 27.5 Å². The Labute approximate surface area is 97.4 Å². The van der Waals surface area contributed by atoms with Crippen molar-refractivity contribution < 1.29 is 17.6 Å². The van der Waals surface area contributed by atoms with Crippen LogP contribution in [0.15, 0.2) is 12.1 Å². The Morgan fingerprint density at radius 3 is 2.00 bits per heavy atom. The second kappa shape index (κ2) is 4.70. The molecule has 15 heavy (non-hydrogen) atoms. The fraction of sp³-hybridized carbons (Fsp3) is 0.333. The SMILES string of the molecule is Fc1cc(CCBr)cc(F)c1C(F)(F)Cl. The van der Waals surface area contributed by atoms with Crippen LogP contribution in [0.2, 0.25) is 0 Å². The van der Waals surface area contributed by atoms with E-state index in [1.54, 1.807) is 0 Å². The Kier molecular flexibility index (Phi) is 4.00. The lowest BCUT2D eigenvalue weighted by atomic mass is 10.1. The summed E-state index contributed by atoms with van der Waals surface area (Å²) in [5.41, 5.74) is -1.10. The normalized spacial score (nSPS) is 11.9. The lowest BCUT2D eigenvalue weighted by molar-refractivity contribution is 0.0858. The topological polar surface area (TPSA) is 0 Å². The van der Waals surface area contributed by atoms with E-state index in [0.717, 1.165) is 12.1 Å². The summed E-state index contributed by atoms with van der Waals surface area (Å²) in [7, 11) is 0. The zero-order chi connectivity index (χ0) is 11.6. The van der Waals surface area contributed by atoms with Crippen molar-refractivity contribution in [2.24, 2.45) is 0 Å². The maximum absolute atomic E-state index is 13.1. The van der Waals surface area contributed by atoms with Crippen LogP contribution in [0.1, 0.15) is 11.1 Å². The van der Waals surface area contributed by atoms with Crippen LogP contribution in [0.25, 0.3) is 0 Å². The molecule has 0 N–H and O–H groups in total. The molecule has 0 saturated heterocycles. The van der Waals surface area contributed by atoms with Crippen molar-refractivity contribution in [2.75, 3.05) is 5.33 Å². The third-order valence-electron chi connectivity index (χ3n) is 1.77. The van der Waals surface area contributed by atoms with Crippen molar-refractivity contribution >= 4 is 27.5 Å². The molecule has 0 aliphatic rings. The number of aryl methyl sites for hydroxylation is 1. The molecule has 0 spiro atoms. The monoisotopic (exact) mass is 304 g/mol. The van der Waals surface area contributed by atoms with E-state index >= 15 is 0 Å². The van der Waals surface area contributed by atoms with Crippen molar-refractivity contribution in [2.45, 2.75) is 11.8 Å². The van der Waals surface area contributed by atoms with Gasteiger partial charge in [-0.05, 0) is 35.7 Å². The average Bonchev–Trinajstić information content (AvgIpc) is 1.99. The van der Waals surface area contributed by atoms with Crippen molar-refractivity contribution in [3.05, 3.63) is 34.9 Å². The maximum atomic E-state index is 13.1. The summed E-state index contributed by atoms with van der Waals surface area (Å²) in [5, 5.41) is -3.54. The number of hydrogen-bond acceptors (Lipinski definition) is 0. The molecular formula is C9H6BrClF4. The van der Waals surface area contributed by atoms with Crippen LogP contribution in [0.3, 0.4) is 0 Å². The lowest BCUT2D eigenvalue weighted by Gasteiger charge is -2.11. The largest absolute Gasteiger partial charge is 0.353 e. The van der Waals surface area contributed by atoms with Crippen LogP contribution in [0.4, 0.5) is 17.6 Å². The van der Waals surface area contributed by atoms with Gasteiger partial charge in [-0.2, -0.15) is 8.78 Å². The fourth-order valence-electron chi connectivity index (χ4n) is 1.15. The molecule has 0 nitrogen and oxygen atoms in total. The number of rotatable bonds is 3. The highest BCUT2D eigenvalue weighted by atomic mass is 79.9. The Morgan fingerprint density at radius 1 is 1.20 bits per heavy atom. The van der Waals surface area contributed by atoms with Gasteiger partial charge in [-0.25, -0.2) is 8.78 Å². The van der Waals surface area contributed by atoms with E-state index in [9.17, 15) is 17.6 Å². The van der Waals surface area contributed by atoms with Gasteiger partial charge in [-0.15, -0.1) is 0 Å². The van der Waals surface area contributed by atoms with Crippen LogP contribution in [-0.2, 0) is 11.8 Å². The van der Waals surface area contributed by atoms with E-state index in [-0.39, 0.29) is 0 Å². The van der Waals surface area contributed by atoms with Crippen LogP contribution < -0.4 is 0 Å². The molecule has 1 aromatic rings. The first-order valence-corrected chi connectivity index (χ1v) is 5.47. The number of benzene rings is 1. The molecule has 0 amide bonds. The van der Waals surface area contributed by atoms with Crippen LogP contribution in [0.5, 0.6) is 0 Å². The van der Waals surface area contributed by atoms with E-state index in [1.165, 1.54) is 0 Å². The molecule has 0 saturated carbocycles. The highest BCUT2D eigenvalue weighted by Crippen LogP contribution is 2.36. The quantitative estimate of drug-likeness (QED) is 0.580. The third-order valence-corrected chi connectivity index (χ3v) is 2.35. The highest BCUT2D eigenvalue weighted by Gasteiger charge is 2.35. The van der Waals surface area contributed by atoms with Gasteiger partial charge in [0, 0.05) is 5.33 Å². The van der Waals surface area contributed by atoms with Crippen molar-refractivity contribution in [1.29, 1.82) is 0 Å². The molecule has 0 bridgehead atoms. The zero-order valence-electron chi connectivity index (χ0n) is 7.34. The molecule has 1 aromatic carbocycles. The molecular weight excluding hydrogens is 299 g/mol. The van der Waals surface area contributed by atoms with Gasteiger partial charge in [-0.3, -0.25) is 0 Å². The van der Waals surface area contributed by atoms with Crippen LogP contribution in [0, 0.1) is 11.6 Å². The first-order valence-electron chi connectivity index (χ1n) is 3.97. The minimum atomic E-state index is -4.03. The Hall–Kier alpha value is -0.290. The van der Waals surface area contributed by atoms with Gasteiger partial charge in [0.15, 0.2) is 0 Å². The molecule has 0 heterocycles. The van der Waals surface area contributed by atoms with E-state index in [2.05, 4.69) is 27.5 Å². The Balaban J connectivity index is 3.22. The first-order chi connectivity index (χ1) is 6.86. The van der Waals surface area contributed by atoms with Gasteiger partial charge in [0.25, 0.3) is 0 Å². The second-order valence-electron chi connectivity index (χ2n) is 2.87. The van der Waals surface area contributed by atoms with Gasteiger partial charge in [-0.1, -0.05) is 15.9 Å². The van der Waals surface area contributed by atoms with Gasteiger partial charge >= 0.3 is 5.38 Å². The Morgan fingerprint density at radius 2 is 1.67 bits per heavy atom. The van der Waals surface area contributed by atoms with Gasteiger partial charge in [0.05, 0.1) is 0 Å². The standard InChI is InChI=1S/C9H6BrClF4/c10-2-1-5-3-6(12)8(7(13)4-5)9(11,14)15/h3-4H,1-2H2. The number of halogens is 6. The molecule has 0 atom stereocenters. The molecule has 1 rings (SSSR count). The van der Waals surface area contributed by atoms with E-state index in [0.29, 0.717) is 17.3 Å². The van der Waals surface area contributed by atoms with E-state index in [4.69, 9.17) is 0 Å². The van der Waals surface area contributed by atoms with Gasteiger partial charge < -0.3 is 0 Å². The van der Waals surface area contributed by atoms with Crippen molar-refractivity contribution in [1.82, 2.24) is 0 Å². The Bertz CT molecular complexity index is 339. The van der Waals surface area contributed by atoms with Gasteiger partial charge in [0.1, 0.15) is 17.2 Å². The van der Waals surface area contributed by atoms with E-state index < -0.39 is 22.6 Å². The summed E-state index contributed by atoms with van der Waals surface area (Å²) in [4.78, 5) is 0. The van der Waals surface area contributed by atoms with E-state index in [1.807, 2.05) is 0 Å². The van der Waals surface area contributed by atoms with Crippen LogP contribution in [-0.4, -0.2) is 5.33 Å². The predicted molar refractivity (Wildman–Crippen MR) is 53.6 cm³/mol. The van der Waals surface area contributed by atoms with Crippen molar-refractivity contribution in [3.8, 4) is 0 Å². The molecule has 0 aliphatic carbocycles. The number of alkyl halides is 4.